The fourth-order valence-corrected chi connectivity index (χ4v) is 5.54. The van der Waals surface area contributed by atoms with Crippen LogP contribution in [0.1, 0.15) is 35.6 Å². The monoisotopic (exact) mass is 512 g/mol. The zero-order valence-corrected chi connectivity index (χ0v) is 19.9. The first-order valence-corrected chi connectivity index (χ1v) is 12.9. The lowest BCUT2D eigenvalue weighted by atomic mass is 9.87. The molecule has 0 fully saturated rings. The predicted octanol–water partition coefficient (Wildman–Crippen LogP) is 4.53. The number of carbonyl (C=O) groups excluding carboxylic acids is 1. The van der Waals surface area contributed by atoms with Gasteiger partial charge in [0.15, 0.2) is 0 Å². The van der Waals surface area contributed by atoms with Gasteiger partial charge in [-0.2, -0.15) is 4.72 Å². The maximum Gasteiger partial charge on any atom is 0.241 e. The third-order valence-corrected chi connectivity index (χ3v) is 7.72. The SMILES string of the molecule is O=C(N[C@@H]1CCCc2ccccc21)[C@@H](Cc1ccccc1)NS(=O)(=O)c1ccc(Br)cc1. The highest BCUT2D eigenvalue weighted by molar-refractivity contribution is 9.10. The van der Waals surface area contributed by atoms with Crippen LogP contribution in [0.25, 0.3) is 0 Å². The lowest BCUT2D eigenvalue weighted by molar-refractivity contribution is -0.123. The molecule has 0 aromatic heterocycles. The standard InChI is InChI=1S/C25H25BrN2O3S/c26-20-13-15-21(16-14-20)32(30,31)28-24(17-18-7-2-1-3-8-18)25(29)27-23-12-6-10-19-9-4-5-11-22(19)23/h1-5,7-9,11,13-16,23-24,28H,6,10,12,17H2,(H,27,29)/t23-,24-/m1/s1. The fourth-order valence-electron chi connectivity index (χ4n) is 4.08. The predicted molar refractivity (Wildman–Crippen MR) is 129 cm³/mol. The van der Waals surface area contributed by atoms with Gasteiger partial charge in [0.25, 0.3) is 0 Å². The number of hydrogen-bond acceptors (Lipinski definition) is 3. The van der Waals surface area contributed by atoms with Crippen molar-refractivity contribution < 1.29 is 13.2 Å². The highest BCUT2D eigenvalue weighted by Crippen LogP contribution is 2.29. The Kier molecular flexibility index (Phi) is 7.08. The van der Waals surface area contributed by atoms with E-state index < -0.39 is 16.1 Å². The van der Waals surface area contributed by atoms with Gasteiger partial charge in [0, 0.05) is 4.47 Å². The summed E-state index contributed by atoms with van der Waals surface area (Å²) in [5.74, 6) is -0.323. The molecule has 0 unspecified atom stereocenters. The van der Waals surface area contributed by atoms with Crippen LogP contribution in [0, 0.1) is 0 Å². The summed E-state index contributed by atoms with van der Waals surface area (Å²) in [4.78, 5) is 13.5. The molecular weight excluding hydrogens is 488 g/mol. The highest BCUT2D eigenvalue weighted by atomic mass is 79.9. The van der Waals surface area contributed by atoms with Gasteiger partial charge in [0.1, 0.15) is 6.04 Å². The van der Waals surface area contributed by atoms with Gasteiger partial charge in [-0.05, 0) is 66.6 Å². The molecule has 1 aliphatic carbocycles. The molecule has 166 valence electrons. The third kappa shape index (κ3) is 5.46. The second-order valence-electron chi connectivity index (χ2n) is 7.97. The van der Waals surface area contributed by atoms with Crippen LogP contribution >= 0.6 is 15.9 Å². The Bertz CT molecular complexity index is 1180. The van der Waals surface area contributed by atoms with E-state index in [9.17, 15) is 13.2 Å². The first kappa shape index (κ1) is 22.7. The van der Waals surface area contributed by atoms with Crippen molar-refractivity contribution in [2.45, 2.75) is 42.7 Å². The van der Waals surface area contributed by atoms with E-state index in [0.29, 0.717) is 0 Å². The Labute approximate surface area is 197 Å². The van der Waals surface area contributed by atoms with E-state index in [1.807, 2.05) is 48.5 Å². The molecule has 4 rings (SSSR count). The first-order chi connectivity index (χ1) is 15.4. The number of benzene rings is 3. The van der Waals surface area contributed by atoms with E-state index in [1.54, 1.807) is 12.1 Å². The van der Waals surface area contributed by atoms with Gasteiger partial charge < -0.3 is 5.32 Å². The molecule has 7 heteroatoms. The van der Waals surface area contributed by atoms with Gasteiger partial charge >= 0.3 is 0 Å². The molecule has 1 aliphatic rings. The summed E-state index contributed by atoms with van der Waals surface area (Å²) < 4.78 is 29.5. The topological polar surface area (TPSA) is 75.3 Å². The van der Waals surface area contributed by atoms with Crippen molar-refractivity contribution in [3.8, 4) is 0 Å². The molecule has 0 aliphatic heterocycles. The minimum atomic E-state index is -3.87. The quantitative estimate of drug-likeness (QED) is 0.488. The molecule has 0 radical (unpaired) electrons. The van der Waals surface area contributed by atoms with Gasteiger partial charge in [0.05, 0.1) is 10.9 Å². The fraction of sp³-hybridized carbons (Fsp3) is 0.240. The lowest BCUT2D eigenvalue weighted by Gasteiger charge is -2.28. The van der Waals surface area contributed by atoms with Gasteiger partial charge in [-0.1, -0.05) is 70.5 Å². The third-order valence-electron chi connectivity index (χ3n) is 5.71. The van der Waals surface area contributed by atoms with Crippen molar-refractivity contribution in [2.75, 3.05) is 0 Å². The maximum absolute atomic E-state index is 13.3. The van der Waals surface area contributed by atoms with Crippen LogP contribution in [-0.2, 0) is 27.7 Å². The van der Waals surface area contributed by atoms with E-state index in [4.69, 9.17) is 0 Å². The molecule has 0 saturated heterocycles. The molecule has 0 saturated carbocycles. The van der Waals surface area contributed by atoms with Crippen molar-refractivity contribution in [3.05, 3.63) is 100 Å². The largest absolute Gasteiger partial charge is 0.348 e. The van der Waals surface area contributed by atoms with E-state index >= 15 is 0 Å². The number of halogens is 1. The van der Waals surface area contributed by atoms with Crippen LogP contribution in [0.2, 0.25) is 0 Å². The molecule has 2 atom stereocenters. The number of nitrogens with one attached hydrogen (secondary N) is 2. The number of rotatable bonds is 7. The molecule has 3 aromatic carbocycles. The summed E-state index contributed by atoms with van der Waals surface area (Å²) in [6.45, 7) is 0. The Morgan fingerprint density at radius 3 is 2.41 bits per heavy atom. The zero-order valence-electron chi connectivity index (χ0n) is 17.5. The van der Waals surface area contributed by atoms with Crippen molar-refractivity contribution in [2.24, 2.45) is 0 Å². The number of hydrogen-bond donors (Lipinski definition) is 2. The molecule has 0 bridgehead atoms. The second-order valence-corrected chi connectivity index (χ2v) is 10.6. The molecule has 0 heterocycles. The van der Waals surface area contributed by atoms with E-state index in [2.05, 4.69) is 32.0 Å². The number of carbonyl (C=O) groups is 1. The van der Waals surface area contributed by atoms with Crippen LogP contribution in [-0.4, -0.2) is 20.4 Å². The average Bonchev–Trinajstić information content (AvgIpc) is 2.80. The average molecular weight is 513 g/mol. The Hall–Kier alpha value is -2.48. The van der Waals surface area contributed by atoms with E-state index in [0.717, 1.165) is 34.9 Å². The van der Waals surface area contributed by atoms with Gasteiger partial charge in [-0.15, -0.1) is 0 Å². The summed E-state index contributed by atoms with van der Waals surface area (Å²) in [6.07, 6.45) is 3.07. The summed E-state index contributed by atoms with van der Waals surface area (Å²) in [5.41, 5.74) is 3.23. The zero-order chi connectivity index (χ0) is 22.6. The van der Waals surface area contributed by atoms with Crippen molar-refractivity contribution in [1.82, 2.24) is 10.0 Å². The highest BCUT2D eigenvalue weighted by Gasteiger charge is 2.29. The van der Waals surface area contributed by atoms with E-state index in [-0.39, 0.29) is 23.3 Å². The van der Waals surface area contributed by atoms with Crippen molar-refractivity contribution in [3.63, 3.8) is 0 Å². The summed E-state index contributed by atoms with van der Waals surface area (Å²) in [6, 6.07) is 22.9. The van der Waals surface area contributed by atoms with Gasteiger partial charge in [0.2, 0.25) is 15.9 Å². The van der Waals surface area contributed by atoms with Gasteiger partial charge in [-0.25, -0.2) is 8.42 Å². The first-order valence-electron chi connectivity index (χ1n) is 10.6. The molecule has 0 spiro atoms. The Morgan fingerprint density at radius 1 is 0.969 bits per heavy atom. The number of aryl methyl sites for hydroxylation is 1. The lowest BCUT2D eigenvalue weighted by Crippen LogP contribution is -2.49. The van der Waals surface area contributed by atoms with Crippen LogP contribution in [0.5, 0.6) is 0 Å². The summed E-state index contributed by atoms with van der Waals surface area (Å²) in [7, 11) is -3.87. The van der Waals surface area contributed by atoms with Crippen LogP contribution < -0.4 is 10.0 Å². The minimum absolute atomic E-state index is 0.120. The normalized spacial score (nSPS) is 16.7. The molecule has 3 aromatic rings. The van der Waals surface area contributed by atoms with Crippen LogP contribution in [0.3, 0.4) is 0 Å². The number of fused-ring (bicyclic) bond motifs is 1. The van der Waals surface area contributed by atoms with Crippen LogP contribution in [0.4, 0.5) is 0 Å². The Balaban J connectivity index is 1.58. The maximum atomic E-state index is 13.3. The van der Waals surface area contributed by atoms with Gasteiger partial charge in [-0.3, -0.25) is 4.79 Å². The second kappa shape index (κ2) is 9.98. The smallest absolute Gasteiger partial charge is 0.241 e. The van der Waals surface area contributed by atoms with Crippen LogP contribution in [0.15, 0.2) is 88.2 Å². The van der Waals surface area contributed by atoms with Crippen molar-refractivity contribution in [1.29, 1.82) is 0 Å². The number of amides is 1. The molecule has 2 N–H and O–H groups in total. The molecule has 1 amide bonds. The number of sulfonamides is 1. The van der Waals surface area contributed by atoms with Crippen molar-refractivity contribution >= 4 is 31.9 Å². The molecular formula is C25H25BrN2O3S. The molecule has 5 nitrogen and oxygen atoms in total. The Morgan fingerprint density at radius 2 is 1.66 bits per heavy atom. The summed E-state index contributed by atoms with van der Waals surface area (Å²) >= 11 is 3.32. The molecule has 32 heavy (non-hydrogen) atoms. The van der Waals surface area contributed by atoms with E-state index in [1.165, 1.54) is 17.7 Å². The minimum Gasteiger partial charge on any atom is -0.348 e. The summed E-state index contributed by atoms with van der Waals surface area (Å²) in [5, 5.41) is 3.11.